The van der Waals surface area contributed by atoms with Crippen molar-refractivity contribution in [3.05, 3.63) is 228 Å². The normalized spacial score (nSPS) is 13.0. The van der Waals surface area contributed by atoms with Gasteiger partial charge in [0.15, 0.2) is 0 Å². The number of anilines is 4. The highest BCUT2D eigenvalue weighted by atomic mass is 19.3. The van der Waals surface area contributed by atoms with Gasteiger partial charge in [-0.3, -0.25) is 4.57 Å². The van der Waals surface area contributed by atoms with Gasteiger partial charge in [0, 0.05) is 44.9 Å². The Labute approximate surface area is 330 Å². The van der Waals surface area contributed by atoms with Crippen LogP contribution in [0.3, 0.4) is 0 Å². The molecule has 7 aromatic carbocycles. The lowest BCUT2D eigenvalue weighted by molar-refractivity contribution is 0.0430. The Kier molecular flexibility index (Phi) is 8.22. The summed E-state index contributed by atoms with van der Waals surface area (Å²) in [5.74, 6) is -2.63. The second kappa shape index (κ2) is 13.6. The molecule has 0 fully saturated rings. The number of benzene rings is 7. The lowest BCUT2D eigenvalue weighted by Crippen LogP contribution is -2.25. The summed E-state index contributed by atoms with van der Waals surface area (Å²) in [7, 11) is 0. The molecule has 4 nitrogen and oxygen atoms in total. The fraction of sp³-hybridized carbons (Fsp3) is 0.0784. The molecule has 9 aromatic rings. The van der Waals surface area contributed by atoms with Crippen LogP contribution in [0.15, 0.2) is 200 Å². The standard InChI is InChI=1S/C51H38F2N4/c1-50(36-16-5-2-6-17-36,37-18-7-3-8-19-37)38-30-31-54-49(34-38)57-45-25-12-11-24-43(45)44-29-28-40(33-48(44)57)51(52,53)39-20-15-23-42(32-39)56-35-55(41-21-9-4-10-22-41)46-26-13-14-27-47(46)56/h2-34H,35H2,1H3. The summed E-state index contributed by atoms with van der Waals surface area (Å²) in [6.07, 6.45) is 1.83. The van der Waals surface area contributed by atoms with E-state index in [1.807, 2.05) is 95.7 Å². The fourth-order valence-corrected chi connectivity index (χ4v) is 8.61. The molecule has 0 aliphatic carbocycles. The molecule has 1 aliphatic heterocycles. The second-order valence-corrected chi connectivity index (χ2v) is 14.8. The number of para-hydroxylation sites is 4. The van der Waals surface area contributed by atoms with Crippen molar-refractivity contribution in [2.24, 2.45) is 0 Å². The van der Waals surface area contributed by atoms with Crippen LogP contribution in [-0.4, -0.2) is 16.2 Å². The zero-order chi connectivity index (χ0) is 38.6. The van der Waals surface area contributed by atoms with E-state index in [2.05, 4.69) is 95.6 Å². The smallest absolute Gasteiger partial charge is 0.298 e. The number of nitrogens with zero attached hydrogens (tertiary/aromatic N) is 4. The number of alkyl halides is 2. The van der Waals surface area contributed by atoms with Crippen LogP contribution in [0, 0.1) is 0 Å². The van der Waals surface area contributed by atoms with E-state index < -0.39 is 11.3 Å². The van der Waals surface area contributed by atoms with Crippen LogP contribution in [0.4, 0.5) is 31.5 Å². The van der Waals surface area contributed by atoms with E-state index in [9.17, 15) is 0 Å². The van der Waals surface area contributed by atoms with Gasteiger partial charge in [-0.05, 0) is 84.3 Å². The van der Waals surface area contributed by atoms with Crippen LogP contribution in [-0.2, 0) is 11.3 Å². The lowest BCUT2D eigenvalue weighted by Gasteiger charge is -2.32. The number of aromatic nitrogens is 2. The van der Waals surface area contributed by atoms with Gasteiger partial charge in [-0.1, -0.05) is 133 Å². The molecule has 0 amide bonds. The van der Waals surface area contributed by atoms with Gasteiger partial charge in [0.2, 0.25) is 0 Å². The highest BCUT2D eigenvalue weighted by molar-refractivity contribution is 6.09. The molecule has 0 N–H and O–H groups in total. The highest BCUT2D eigenvalue weighted by Gasteiger charge is 2.37. The number of fused-ring (bicyclic) bond motifs is 4. The molecule has 0 unspecified atom stereocenters. The topological polar surface area (TPSA) is 24.3 Å². The third kappa shape index (κ3) is 5.67. The predicted octanol–water partition coefficient (Wildman–Crippen LogP) is 12.9. The monoisotopic (exact) mass is 744 g/mol. The van der Waals surface area contributed by atoms with Crippen LogP contribution in [0.1, 0.15) is 34.7 Å². The Morgan fingerprint density at radius 2 is 1.00 bits per heavy atom. The number of hydrogen-bond acceptors (Lipinski definition) is 3. The first-order valence-electron chi connectivity index (χ1n) is 19.2. The van der Waals surface area contributed by atoms with Crippen LogP contribution in [0.2, 0.25) is 0 Å². The van der Waals surface area contributed by atoms with Crippen molar-refractivity contribution in [1.82, 2.24) is 9.55 Å². The molecule has 3 heterocycles. The molecule has 276 valence electrons. The summed E-state index contributed by atoms with van der Waals surface area (Å²) in [4.78, 5) is 9.21. The van der Waals surface area contributed by atoms with Crippen molar-refractivity contribution in [3.8, 4) is 5.82 Å². The average Bonchev–Trinajstić information content (AvgIpc) is 3.83. The number of hydrogen-bond donors (Lipinski definition) is 0. The molecule has 0 spiro atoms. The van der Waals surface area contributed by atoms with E-state index in [1.54, 1.807) is 24.3 Å². The minimum atomic E-state index is -3.29. The van der Waals surface area contributed by atoms with E-state index in [0.29, 0.717) is 23.7 Å². The lowest BCUT2D eigenvalue weighted by atomic mass is 9.71. The first kappa shape index (κ1) is 34.4. The van der Waals surface area contributed by atoms with Gasteiger partial charge in [-0.25, -0.2) is 4.98 Å². The molecule has 1 aliphatic rings. The van der Waals surface area contributed by atoms with Gasteiger partial charge >= 0.3 is 0 Å². The Bertz CT molecular complexity index is 2850. The first-order chi connectivity index (χ1) is 27.9. The van der Waals surface area contributed by atoms with Gasteiger partial charge in [-0.2, -0.15) is 8.78 Å². The average molecular weight is 745 g/mol. The molecule has 0 saturated heterocycles. The molecular formula is C51H38F2N4. The molecule has 0 atom stereocenters. The van der Waals surface area contributed by atoms with E-state index in [4.69, 9.17) is 4.98 Å². The molecular weight excluding hydrogens is 707 g/mol. The van der Waals surface area contributed by atoms with Crippen LogP contribution >= 0.6 is 0 Å². The largest absolute Gasteiger partial charge is 0.321 e. The summed E-state index contributed by atoms with van der Waals surface area (Å²) < 4.78 is 36.1. The van der Waals surface area contributed by atoms with Crippen molar-refractivity contribution < 1.29 is 8.78 Å². The molecule has 2 aromatic heterocycles. The fourth-order valence-electron chi connectivity index (χ4n) is 8.61. The molecule has 0 bridgehead atoms. The molecule has 57 heavy (non-hydrogen) atoms. The van der Waals surface area contributed by atoms with E-state index in [-0.39, 0.29) is 11.1 Å². The Balaban J connectivity index is 1.08. The minimum Gasteiger partial charge on any atom is -0.321 e. The van der Waals surface area contributed by atoms with Crippen molar-refractivity contribution in [2.75, 3.05) is 16.5 Å². The Morgan fingerprint density at radius 1 is 0.456 bits per heavy atom. The minimum absolute atomic E-state index is 0.0701. The maximum Gasteiger partial charge on any atom is 0.298 e. The summed E-state index contributed by atoms with van der Waals surface area (Å²) in [5, 5.41) is 1.86. The van der Waals surface area contributed by atoms with E-state index in [0.717, 1.165) is 50.0 Å². The summed E-state index contributed by atoms with van der Waals surface area (Å²) >= 11 is 0. The summed E-state index contributed by atoms with van der Waals surface area (Å²) in [6, 6.07) is 63.2. The predicted molar refractivity (Wildman–Crippen MR) is 228 cm³/mol. The maximum absolute atomic E-state index is 17.1. The SMILES string of the molecule is CC(c1ccccc1)(c1ccccc1)c1ccnc(-n2c3ccccc3c3ccc(C(F)(F)c4cccc(N5CN(c6ccccc6)c6ccccc65)c4)cc32)c1. The van der Waals surface area contributed by atoms with Gasteiger partial charge in [0.25, 0.3) is 5.92 Å². The quantitative estimate of drug-likeness (QED) is 0.155. The Morgan fingerprint density at radius 3 is 1.70 bits per heavy atom. The zero-order valence-electron chi connectivity index (χ0n) is 31.3. The van der Waals surface area contributed by atoms with Gasteiger partial charge in [0.1, 0.15) is 12.5 Å². The van der Waals surface area contributed by atoms with Crippen molar-refractivity contribution in [3.63, 3.8) is 0 Å². The van der Waals surface area contributed by atoms with E-state index in [1.165, 1.54) is 6.07 Å². The summed E-state index contributed by atoms with van der Waals surface area (Å²) in [6.45, 7) is 2.74. The molecule has 6 heteroatoms. The highest BCUT2D eigenvalue weighted by Crippen LogP contribution is 2.46. The molecule has 0 saturated carbocycles. The third-order valence-electron chi connectivity index (χ3n) is 11.6. The molecule has 0 radical (unpaired) electrons. The van der Waals surface area contributed by atoms with Crippen molar-refractivity contribution in [1.29, 1.82) is 0 Å². The second-order valence-electron chi connectivity index (χ2n) is 14.8. The maximum atomic E-state index is 17.1. The van der Waals surface area contributed by atoms with Gasteiger partial charge < -0.3 is 9.80 Å². The molecule has 10 rings (SSSR count). The zero-order valence-corrected chi connectivity index (χ0v) is 31.3. The summed E-state index contributed by atoms with van der Waals surface area (Å²) in [5.41, 5.74) is 7.99. The number of rotatable bonds is 8. The number of pyridine rings is 1. The van der Waals surface area contributed by atoms with Crippen LogP contribution in [0.25, 0.3) is 27.6 Å². The third-order valence-corrected chi connectivity index (χ3v) is 11.6. The Hall–Kier alpha value is -7.05. The van der Waals surface area contributed by atoms with E-state index >= 15 is 8.78 Å². The van der Waals surface area contributed by atoms with Crippen LogP contribution in [0.5, 0.6) is 0 Å². The van der Waals surface area contributed by atoms with Gasteiger partial charge in [0.05, 0.1) is 22.4 Å². The van der Waals surface area contributed by atoms with Crippen molar-refractivity contribution in [2.45, 2.75) is 18.3 Å². The first-order valence-corrected chi connectivity index (χ1v) is 19.2. The van der Waals surface area contributed by atoms with Gasteiger partial charge in [-0.15, -0.1) is 0 Å². The van der Waals surface area contributed by atoms with Crippen LogP contribution < -0.4 is 9.80 Å². The van der Waals surface area contributed by atoms with Crippen molar-refractivity contribution >= 4 is 44.6 Å². The number of halogens is 2.